The maximum absolute atomic E-state index is 9.09. The average molecular weight is 190 g/mol. The van der Waals surface area contributed by atoms with Gasteiger partial charge >= 0.3 is 0 Å². The molecule has 1 N–H and O–H groups in total. The minimum absolute atomic E-state index is 0.363. The van der Waals surface area contributed by atoms with E-state index in [2.05, 4.69) is 31.2 Å². The summed E-state index contributed by atoms with van der Waals surface area (Å²) in [7, 11) is 0. The number of hydrogen-bond donors (Lipinski definition) is 1. The summed E-state index contributed by atoms with van der Waals surface area (Å²) in [5, 5.41) is 9.09. The summed E-state index contributed by atoms with van der Waals surface area (Å²) < 4.78 is 0. The standard InChI is InChI=1S/C13H18O/c1-10-3-2-4-12(7-10)13-6-5-11(8-13)9-14/h2-4,7,11,13-14H,5-6,8-9H2,1H3. The summed E-state index contributed by atoms with van der Waals surface area (Å²) in [6.45, 7) is 2.50. The molecule has 1 aromatic rings. The van der Waals surface area contributed by atoms with Crippen molar-refractivity contribution < 1.29 is 5.11 Å². The van der Waals surface area contributed by atoms with E-state index in [1.165, 1.54) is 30.4 Å². The first-order valence-corrected chi connectivity index (χ1v) is 5.47. The fourth-order valence-corrected chi connectivity index (χ4v) is 2.47. The molecular weight excluding hydrogens is 172 g/mol. The Morgan fingerprint density at radius 3 is 2.86 bits per heavy atom. The molecule has 0 amide bonds. The van der Waals surface area contributed by atoms with Crippen LogP contribution in [-0.4, -0.2) is 11.7 Å². The topological polar surface area (TPSA) is 20.2 Å². The maximum Gasteiger partial charge on any atom is 0.0459 e. The van der Waals surface area contributed by atoms with Crippen molar-refractivity contribution in [2.45, 2.75) is 32.1 Å². The molecule has 1 heteroatoms. The van der Waals surface area contributed by atoms with Crippen LogP contribution in [0.2, 0.25) is 0 Å². The molecule has 1 aromatic carbocycles. The molecule has 2 atom stereocenters. The molecule has 1 aliphatic rings. The van der Waals surface area contributed by atoms with Gasteiger partial charge in [0.15, 0.2) is 0 Å². The molecule has 14 heavy (non-hydrogen) atoms. The van der Waals surface area contributed by atoms with Gasteiger partial charge < -0.3 is 5.11 Å². The minimum Gasteiger partial charge on any atom is -0.396 e. The van der Waals surface area contributed by atoms with E-state index in [9.17, 15) is 0 Å². The summed E-state index contributed by atoms with van der Waals surface area (Å²) in [6, 6.07) is 8.78. The fraction of sp³-hybridized carbons (Fsp3) is 0.538. The molecule has 0 bridgehead atoms. The van der Waals surface area contributed by atoms with Crippen molar-refractivity contribution in [3.8, 4) is 0 Å². The van der Waals surface area contributed by atoms with Gasteiger partial charge in [0.2, 0.25) is 0 Å². The van der Waals surface area contributed by atoms with E-state index in [1.807, 2.05) is 0 Å². The average Bonchev–Trinajstić information content (AvgIpc) is 2.66. The molecule has 0 heterocycles. The lowest BCUT2D eigenvalue weighted by atomic mass is 9.95. The molecule has 0 saturated heterocycles. The molecular formula is C13H18O. The molecule has 1 aliphatic carbocycles. The van der Waals surface area contributed by atoms with Crippen molar-refractivity contribution in [1.29, 1.82) is 0 Å². The van der Waals surface area contributed by atoms with Crippen LogP contribution < -0.4 is 0 Å². The Kier molecular flexibility index (Phi) is 2.87. The highest BCUT2D eigenvalue weighted by Crippen LogP contribution is 2.37. The molecule has 2 rings (SSSR count). The Morgan fingerprint density at radius 2 is 2.21 bits per heavy atom. The number of benzene rings is 1. The smallest absolute Gasteiger partial charge is 0.0459 e. The van der Waals surface area contributed by atoms with Gasteiger partial charge in [0, 0.05) is 6.61 Å². The predicted octanol–water partition coefficient (Wildman–Crippen LogP) is 2.87. The van der Waals surface area contributed by atoms with Crippen LogP contribution >= 0.6 is 0 Å². The Balaban J connectivity index is 2.09. The van der Waals surface area contributed by atoms with Crippen LogP contribution in [0.25, 0.3) is 0 Å². The van der Waals surface area contributed by atoms with Crippen LogP contribution in [0.1, 0.15) is 36.3 Å². The summed E-state index contributed by atoms with van der Waals surface area (Å²) in [4.78, 5) is 0. The highest BCUT2D eigenvalue weighted by atomic mass is 16.3. The number of aryl methyl sites for hydroxylation is 1. The van der Waals surface area contributed by atoms with Crippen LogP contribution in [0.4, 0.5) is 0 Å². The molecule has 0 radical (unpaired) electrons. The second-order valence-electron chi connectivity index (χ2n) is 4.47. The van der Waals surface area contributed by atoms with Crippen LogP contribution in [-0.2, 0) is 0 Å². The van der Waals surface area contributed by atoms with Crippen molar-refractivity contribution in [3.05, 3.63) is 35.4 Å². The first kappa shape index (κ1) is 9.72. The van der Waals surface area contributed by atoms with Crippen LogP contribution in [0.3, 0.4) is 0 Å². The highest BCUT2D eigenvalue weighted by Gasteiger charge is 2.24. The minimum atomic E-state index is 0.363. The normalized spacial score (nSPS) is 26.7. The predicted molar refractivity (Wildman–Crippen MR) is 58.3 cm³/mol. The maximum atomic E-state index is 9.09. The van der Waals surface area contributed by atoms with E-state index in [0.29, 0.717) is 18.4 Å². The van der Waals surface area contributed by atoms with E-state index < -0.39 is 0 Å². The second-order valence-corrected chi connectivity index (χ2v) is 4.47. The fourth-order valence-electron chi connectivity index (χ4n) is 2.47. The van der Waals surface area contributed by atoms with Crippen molar-refractivity contribution in [1.82, 2.24) is 0 Å². The Morgan fingerprint density at radius 1 is 1.36 bits per heavy atom. The van der Waals surface area contributed by atoms with Gasteiger partial charge in [-0.2, -0.15) is 0 Å². The number of aliphatic hydroxyl groups excluding tert-OH is 1. The second kappa shape index (κ2) is 4.14. The summed E-state index contributed by atoms with van der Waals surface area (Å²) >= 11 is 0. The summed E-state index contributed by atoms with van der Waals surface area (Å²) in [5.74, 6) is 1.23. The lowest BCUT2D eigenvalue weighted by molar-refractivity contribution is 0.229. The lowest BCUT2D eigenvalue weighted by Crippen LogP contribution is -2.00. The van der Waals surface area contributed by atoms with Gasteiger partial charge in [-0.3, -0.25) is 0 Å². The van der Waals surface area contributed by atoms with Crippen LogP contribution in [0, 0.1) is 12.8 Å². The third-order valence-electron chi connectivity index (χ3n) is 3.31. The molecule has 76 valence electrons. The van der Waals surface area contributed by atoms with Gasteiger partial charge in [-0.15, -0.1) is 0 Å². The first-order valence-electron chi connectivity index (χ1n) is 5.47. The Labute approximate surface area is 85.8 Å². The van der Waals surface area contributed by atoms with Gasteiger partial charge in [0.05, 0.1) is 0 Å². The number of aliphatic hydroxyl groups is 1. The molecule has 2 unspecified atom stereocenters. The third-order valence-corrected chi connectivity index (χ3v) is 3.31. The van der Waals surface area contributed by atoms with Gasteiger partial charge in [-0.1, -0.05) is 29.8 Å². The third kappa shape index (κ3) is 1.98. The van der Waals surface area contributed by atoms with Crippen molar-refractivity contribution in [2.75, 3.05) is 6.61 Å². The van der Waals surface area contributed by atoms with Crippen LogP contribution in [0.15, 0.2) is 24.3 Å². The van der Waals surface area contributed by atoms with E-state index >= 15 is 0 Å². The molecule has 1 saturated carbocycles. The zero-order valence-electron chi connectivity index (χ0n) is 8.74. The highest BCUT2D eigenvalue weighted by molar-refractivity contribution is 5.26. The monoisotopic (exact) mass is 190 g/mol. The van der Waals surface area contributed by atoms with Crippen LogP contribution in [0.5, 0.6) is 0 Å². The SMILES string of the molecule is Cc1cccc(C2CCC(CO)C2)c1. The van der Waals surface area contributed by atoms with Gasteiger partial charge in [-0.05, 0) is 43.6 Å². The largest absolute Gasteiger partial charge is 0.396 e. The molecule has 0 aromatic heterocycles. The zero-order chi connectivity index (χ0) is 9.97. The quantitative estimate of drug-likeness (QED) is 0.760. The van der Waals surface area contributed by atoms with Gasteiger partial charge in [-0.25, -0.2) is 0 Å². The zero-order valence-corrected chi connectivity index (χ0v) is 8.74. The molecule has 0 spiro atoms. The molecule has 1 fully saturated rings. The summed E-state index contributed by atoms with van der Waals surface area (Å²) in [6.07, 6.45) is 3.60. The molecule has 1 nitrogen and oxygen atoms in total. The first-order chi connectivity index (χ1) is 6.79. The summed E-state index contributed by atoms with van der Waals surface area (Å²) in [5.41, 5.74) is 2.80. The van der Waals surface area contributed by atoms with E-state index in [1.54, 1.807) is 0 Å². The van der Waals surface area contributed by atoms with Crippen molar-refractivity contribution in [2.24, 2.45) is 5.92 Å². The lowest BCUT2D eigenvalue weighted by Gasteiger charge is -2.10. The Bertz CT molecular complexity index is 306. The number of hydrogen-bond acceptors (Lipinski definition) is 1. The number of rotatable bonds is 2. The van der Waals surface area contributed by atoms with Crippen molar-refractivity contribution >= 4 is 0 Å². The van der Waals surface area contributed by atoms with E-state index in [0.717, 1.165) is 0 Å². The molecule has 0 aliphatic heterocycles. The van der Waals surface area contributed by atoms with E-state index in [-0.39, 0.29) is 0 Å². The van der Waals surface area contributed by atoms with E-state index in [4.69, 9.17) is 5.11 Å². The van der Waals surface area contributed by atoms with Gasteiger partial charge in [0.25, 0.3) is 0 Å². The Hall–Kier alpha value is -0.820. The van der Waals surface area contributed by atoms with Crippen molar-refractivity contribution in [3.63, 3.8) is 0 Å². The van der Waals surface area contributed by atoms with Gasteiger partial charge in [0.1, 0.15) is 0 Å².